The van der Waals surface area contributed by atoms with Crippen LogP contribution in [0, 0.1) is 6.92 Å². The molecule has 1 heterocycles. The number of carboxylic acid groups (broad SMARTS) is 1. The number of carbonyl (C=O) groups is 1. The van der Waals surface area contributed by atoms with Gasteiger partial charge in [-0.1, -0.05) is 76.0 Å². The van der Waals surface area contributed by atoms with Crippen molar-refractivity contribution in [3.05, 3.63) is 59.9 Å². The Morgan fingerprint density at radius 1 is 0.759 bits per heavy atom. The molecular weight excluding hydrogens is 358 g/mol. The van der Waals surface area contributed by atoms with Crippen molar-refractivity contribution in [2.45, 2.75) is 90.4 Å². The third-order valence-electron chi connectivity index (χ3n) is 5.72. The zero-order valence-electron chi connectivity index (χ0n) is 18.1. The SMILES string of the molecule is Cc1c(CCCCCCCCCCCCCC(=O)[O-])ccc[n+]1-c1ccccc1. The van der Waals surface area contributed by atoms with Crippen molar-refractivity contribution in [1.29, 1.82) is 0 Å². The van der Waals surface area contributed by atoms with Crippen LogP contribution in [0.25, 0.3) is 5.69 Å². The molecule has 0 aliphatic rings. The van der Waals surface area contributed by atoms with Gasteiger partial charge in [0.05, 0.1) is 0 Å². The fourth-order valence-electron chi connectivity index (χ4n) is 3.94. The number of aliphatic carboxylic acids is 1. The maximum absolute atomic E-state index is 10.3. The number of hydrogen-bond donors (Lipinski definition) is 0. The normalized spacial score (nSPS) is 10.9. The van der Waals surface area contributed by atoms with Crippen LogP contribution in [0.2, 0.25) is 0 Å². The van der Waals surface area contributed by atoms with Gasteiger partial charge < -0.3 is 9.90 Å². The predicted octanol–water partition coefficient (Wildman–Crippen LogP) is 5.25. The molecule has 0 unspecified atom stereocenters. The lowest BCUT2D eigenvalue weighted by Crippen LogP contribution is -2.34. The standard InChI is InChI=1S/C26H37NO2/c1-23-24(18-16-22-27(23)25-19-13-11-14-20-25)17-12-9-7-5-3-2-4-6-8-10-15-21-26(28)29/h11,13-14,16,18-20,22H,2-10,12,15,17,21H2,1H3. The second kappa shape index (κ2) is 13.9. The number of hydrogen-bond acceptors (Lipinski definition) is 2. The van der Waals surface area contributed by atoms with E-state index in [0.29, 0.717) is 0 Å². The van der Waals surface area contributed by atoms with E-state index in [1.165, 1.54) is 68.3 Å². The van der Waals surface area contributed by atoms with Crippen molar-refractivity contribution >= 4 is 5.97 Å². The summed E-state index contributed by atoms with van der Waals surface area (Å²) in [5, 5.41) is 10.3. The summed E-state index contributed by atoms with van der Waals surface area (Å²) in [7, 11) is 0. The topological polar surface area (TPSA) is 44.0 Å². The average molecular weight is 396 g/mol. The molecule has 0 bridgehead atoms. The van der Waals surface area contributed by atoms with Crippen LogP contribution in [0.3, 0.4) is 0 Å². The molecule has 0 amide bonds. The molecule has 0 atom stereocenters. The zero-order chi connectivity index (χ0) is 20.7. The maximum Gasteiger partial charge on any atom is 0.210 e. The van der Waals surface area contributed by atoms with Crippen LogP contribution >= 0.6 is 0 Å². The van der Waals surface area contributed by atoms with Gasteiger partial charge in [-0.3, -0.25) is 0 Å². The molecule has 0 saturated heterocycles. The summed E-state index contributed by atoms with van der Waals surface area (Å²) in [4.78, 5) is 10.3. The molecule has 0 radical (unpaired) electrons. The van der Waals surface area contributed by atoms with Gasteiger partial charge >= 0.3 is 0 Å². The number of carboxylic acids is 1. The Morgan fingerprint density at radius 3 is 1.90 bits per heavy atom. The lowest BCUT2D eigenvalue weighted by atomic mass is 10.0. The van der Waals surface area contributed by atoms with Gasteiger partial charge in [-0.25, -0.2) is 0 Å². The Hall–Kier alpha value is -2.16. The number of nitrogens with zero attached hydrogens (tertiary/aromatic N) is 1. The summed E-state index contributed by atoms with van der Waals surface area (Å²) >= 11 is 0. The lowest BCUT2D eigenvalue weighted by molar-refractivity contribution is -0.603. The van der Waals surface area contributed by atoms with Gasteiger partial charge in [0.1, 0.15) is 0 Å². The van der Waals surface area contributed by atoms with Crippen LogP contribution in [0.1, 0.15) is 88.3 Å². The number of benzene rings is 1. The van der Waals surface area contributed by atoms with E-state index in [1.807, 2.05) is 0 Å². The van der Waals surface area contributed by atoms with Crippen LogP contribution in [-0.2, 0) is 11.2 Å². The highest BCUT2D eigenvalue weighted by Crippen LogP contribution is 2.14. The third-order valence-corrected chi connectivity index (χ3v) is 5.72. The summed E-state index contributed by atoms with van der Waals surface area (Å²) in [6.07, 6.45) is 16.9. The van der Waals surface area contributed by atoms with E-state index in [1.54, 1.807) is 0 Å². The Kier molecular flexibility index (Phi) is 11.1. The largest absolute Gasteiger partial charge is 0.550 e. The molecule has 158 valence electrons. The van der Waals surface area contributed by atoms with E-state index in [0.717, 1.165) is 25.7 Å². The summed E-state index contributed by atoms with van der Waals surface area (Å²) in [5.41, 5.74) is 4.03. The third kappa shape index (κ3) is 9.25. The first-order chi connectivity index (χ1) is 14.2. The Morgan fingerprint density at radius 2 is 1.31 bits per heavy atom. The molecule has 0 aliphatic heterocycles. The minimum absolute atomic E-state index is 0.217. The molecule has 0 N–H and O–H groups in total. The molecule has 0 aliphatic carbocycles. The number of rotatable bonds is 15. The summed E-state index contributed by atoms with van der Waals surface area (Å²) < 4.78 is 2.29. The first-order valence-corrected chi connectivity index (χ1v) is 11.4. The first kappa shape index (κ1) is 23.1. The minimum atomic E-state index is -0.914. The van der Waals surface area contributed by atoms with Crippen molar-refractivity contribution in [3.63, 3.8) is 0 Å². The molecule has 2 aromatic rings. The van der Waals surface area contributed by atoms with Gasteiger partial charge in [-0.15, -0.1) is 0 Å². The number of unbranched alkanes of at least 4 members (excludes halogenated alkanes) is 10. The second-order valence-corrected chi connectivity index (χ2v) is 8.09. The van der Waals surface area contributed by atoms with Gasteiger partial charge in [0.25, 0.3) is 0 Å². The van der Waals surface area contributed by atoms with Crippen LogP contribution in [0.5, 0.6) is 0 Å². The number of pyridine rings is 1. The van der Waals surface area contributed by atoms with E-state index in [-0.39, 0.29) is 6.42 Å². The van der Waals surface area contributed by atoms with Gasteiger partial charge in [-0.2, -0.15) is 4.57 Å². The van der Waals surface area contributed by atoms with Crippen molar-refractivity contribution in [1.82, 2.24) is 0 Å². The van der Waals surface area contributed by atoms with Crippen LogP contribution in [0.15, 0.2) is 48.7 Å². The monoisotopic (exact) mass is 395 g/mol. The van der Waals surface area contributed by atoms with Crippen LogP contribution in [0.4, 0.5) is 0 Å². The highest BCUT2D eigenvalue weighted by atomic mass is 16.4. The number of carbonyl (C=O) groups excluding carboxylic acids is 1. The van der Waals surface area contributed by atoms with Crippen LogP contribution < -0.4 is 9.67 Å². The molecule has 0 saturated carbocycles. The molecule has 29 heavy (non-hydrogen) atoms. The van der Waals surface area contributed by atoms with Crippen molar-refractivity contribution in [2.24, 2.45) is 0 Å². The maximum atomic E-state index is 10.3. The molecule has 0 spiro atoms. The second-order valence-electron chi connectivity index (χ2n) is 8.09. The molecule has 0 fully saturated rings. The smallest absolute Gasteiger partial charge is 0.210 e. The van der Waals surface area contributed by atoms with Crippen molar-refractivity contribution in [2.75, 3.05) is 0 Å². The lowest BCUT2D eigenvalue weighted by Gasteiger charge is -2.06. The van der Waals surface area contributed by atoms with Gasteiger partial charge in [0, 0.05) is 36.7 Å². The fourth-order valence-corrected chi connectivity index (χ4v) is 3.94. The Bertz CT molecular complexity index is 712. The molecule has 1 aromatic heterocycles. The van der Waals surface area contributed by atoms with E-state index in [4.69, 9.17) is 0 Å². The summed E-state index contributed by atoms with van der Waals surface area (Å²) in [6.45, 7) is 2.22. The average Bonchev–Trinajstić information content (AvgIpc) is 2.73. The molecule has 2 rings (SSSR count). The predicted molar refractivity (Wildman–Crippen MR) is 117 cm³/mol. The number of aryl methyl sites for hydroxylation is 1. The zero-order valence-corrected chi connectivity index (χ0v) is 18.1. The van der Waals surface area contributed by atoms with E-state index >= 15 is 0 Å². The van der Waals surface area contributed by atoms with Crippen molar-refractivity contribution < 1.29 is 14.5 Å². The van der Waals surface area contributed by atoms with E-state index < -0.39 is 5.97 Å². The molecule has 1 aromatic carbocycles. The van der Waals surface area contributed by atoms with E-state index in [2.05, 4.69) is 60.2 Å². The highest BCUT2D eigenvalue weighted by Gasteiger charge is 2.13. The first-order valence-electron chi connectivity index (χ1n) is 11.4. The van der Waals surface area contributed by atoms with Gasteiger partial charge in [0.2, 0.25) is 5.69 Å². The number of para-hydroxylation sites is 1. The summed E-state index contributed by atoms with van der Waals surface area (Å²) in [5.74, 6) is -0.914. The Labute approximate surface area is 176 Å². The molecule has 3 heteroatoms. The minimum Gasteiger partial charge on any atom is -0.550 e. The van der Waals surface area contributed by atoms with E-state index in [9.17, 15) is 9.90 Å². The van der Waals surface area contributed by atoms with Crippen molar-refractivity contribution in [3.8, 4) is 5.69 Å². The summed E-state index contributed by atoms with van der Waals surface area (Å²) in [6, 6.07) is 15.0. The number of aromatic nitrogens is 1. The van der Waals surface area contributed by atoms with Gasteiger partial charge in [-0.05, 0) is 31.7 Å². The quantitative estimate of drug-likeness (QED) is 0.305. The van der Waals surface area contributed by atoms with Gasteiger partial charge in [0.15, 0.2) is 11.9 Å². The molecular formula is C26H37NO2. The fraction of sp³-hybridized carbons (Fsp3) is 0.538. The Balaban J connectivity index is 1.52. The van der Waals surface area contributed by atoms with Crippen LogP contribution in [-0.4, -0.2) is 5.97 Å². The molecule has 3 nitrogen and oxygen atoms in total. The highest BCUT2D eigenvalue weighted by molar-refractivity contribution is 5.64.